The van der Waals surface area contributed by atoms with E-state index in [2.05, 4.69) is 20.9 Å². The summed E-state index contributed by atoms with van der Waals surface area (Å²) < 4.78 is 1.34. The van der Waals surface area contributed by atoms with E-state index in [1.807, 2.05) is 11.1 Å². The lowest BCUT2D eigenvalue weighted by Gasteiger charge is -2.51. The number of likely N-dealkylation sites (N-methyl/N-ethyl adjacent to an activating group) is 1. The summed E-state index contributed by atoms with van der Waals surface area (Å²) in [4.78, 5) is 0. The summed E-state index contributed by atoms with van der Waals surface area (Å²) in [6.45, 7) is 7.83. The van der Waals surface area contributed by atoms with Gasteiger partial charge < -0.3 is 4.48 Å². The molecule has 16 heavy (non-hydrogen) atoms. The Labute approximate surface area is 100 Å². The molecule has 0 aromatic rings. The molecule has 1 fully saturated rings. The minimum Gasteiger partial charge on any atom is -0.317 e. The average Bonchev–Trinajstić information content (AvgIpc) is 2.49. The van der Waals surface area contributed by atoms with Gasteiger partial charge in [0.25, 0.3) is 0 Å². The fourth-order valence-corrected chi connectivity index (χ4v) is 4.92. The van der Waals surface area contributed by atoms with Crippen molar-refractivity contribution in [2.45, 2.75) is 57.9 Å². The zero-order chi connectivity index (χ0) is 11.4. The fourth-order valence-electron chi connectivity index (χ4n) is 4.92. The number of quaternary nitrogens is 1. The predicted octanol–water partition coefficient (Wildman–Crippen LogP) is 3.51. The Morgan fingerprint density at radius 3 is 2.75 bits per heavy atom. The Morgan fingerprint density at radius 2 is 1.94 bits per heavy atom. The second kappa shape index (κ2) is 3.35. The Balaban J connectivity index is 2.06. The summed E-state index contributed by atoms with van der Waals surface area (Å²) in [5.74, 6) is 0.920. The summed E-state index contributed by atoms with van der Waals surface area (Å²) in [6.07, 6.45) is 8.55. The molecule has 0 amide bonds. The molecule has 0 radical (unpaired) electrons. The van der Waals surface area contributed by atoms with Crippen LogP contribution in [-0.2, 0) is 0 Å². The third-order valence-electron chi connectivity index (χ3n) is 5.79. The highest BCUT2D eigenvalue weighted by molar-refractivity contribution is 5.29. The lowest BCUT2D eigenvalue weighted by atomic mass is 9.73. The van der Waals surface area contributed by atoms with E-state index in [0.29, 0.717) is 5.54 Å². The van der Waals surface area contributed by atoms with Crippen LogP contribution in [0.25, 0.3) is 0 Å². The first-order valence-corrected chi connectivity index (χ1v) is 7.11. The van der Waals surface area contributed by atoms with E-state index in [9.17, 15) is 0 Å². The van der Waals surface area contributed by atoms with Gasteiger partial charge >= 0.3 is 0 Å². The number of rotatable bonds is 0. The van der Waals surface area contributed by atoms with E-state index in [1.54, 1.807) is 0 Å². The van der Waals surface area contributed by atoms with Gasteiger partial charge in [-0.05, 0) is 38.2 Å². The molecular weight excluding hydrogens is 194 g/mol. The normalized spacial score (nSPS) is 47.8. The van der Waals surface area contributed by atoms with Gasteiger partial charge in [0.15, 0.2) is 0 Å². The van der Waals surface area contributed by atoms with Crippen LogP contribution >= 0.6 is 0 Å². The van der Waals surface area contributed by atoms with E-state index in [-0.39, 0.29) is 0 Å². The lowest BCUT2D eigenvalue weighted by Crippen LogP contribution is -2.60. The Morgan fingerprint density at radius 1 is 1.19 bits per heavy atom. The van der Waals surface area contributed by atoms with E-state index < -0.39 is 0 Å². The van der Waals surface area contributed by atoms with Gasteiger partial charge in [0, 0.05) is 18.8 Å². The summed E-state index contributed by atoms with van der Waals surface area (Å²) in [7, 11) is 2.52. The topological polar surface area (TPSA) is 0 Å². The third-order valence-corrected chi connectivity index (χ3v) is 5.79. The number of nitrogens with zero attached hydrogens (tertiary/aromatic N) is 1. The highest BCUT2D eigenvalue weighted by Crippen LogP contribution is 2.51. The fraction of sp³-hybridized carbons (Fsp3) is 0.867. The van der Waals surface area contributed by atoms with Crippen molar-refractivity contribution in [3.8, 4) is 0 Å². The molecule has 0 N–H and O–H groups in total. The van der Waals surface area contributed by atoms with Crippen LogP contribution in [0.5, 0.6) is 0 Å². The zero-order valence-electron chi connectivity index (χ0n) is 11.2. The molecule has 1 saturated heterocycles. The molecule has 0 spiro atoms. The van der Waals surface area contributed by atoms with E-state index >= 15 is 0 Å². The molecule has 3 aliphatic rings. The Kier molecular flexibility index (Phi) is 2.27. The van der Waals surface area contributed by atoms with Crippen LogP contribution in [0.15, 0.2) is 11.1 Å². The lowest BCUT2D eigenvalue weighted by molar-refractivity contribution is -0.941. The third kappa shape index (κ3) is 1.27. The number of hydrogen-bond acceptors (Lipinski definition) is 0. The van der Waals surface area contributed by atoms with Crippen molar-refractivity contribution >= 4 is 0 Å². The Bertz CT molecular complexity index is 343. The maximum Gasteiger partial charge on any atom is 0.118 e. The highest BCUT2D eigenvalue weighted by Gasteiger charge is 2.56. The quantitative estimate of drug-likeness (QED) is 0.433. The molecule has 3 rings (SSSR count). The van der Waals surface area contributed by atoms with Crippen LogP contribution in [0.1, 0.15) is 52.4 Å². The first kappa shape index (κ1) is 10.8. The maximum atomic E-state index is 2.57. The van der Waals surface area contributed by atoms with Crippen molar-refractivity contribution in [3.05, 3.63) is 11.1 Å². The minimum atomic E-state index is 0.507. The van der Waals surface area contributed by atoms with Gasteiger partial charge in [0.2, 0.25) is 0 Å². The highest BCUT2D eigenvalue weighted by atomic mass is 15.4. The Hall–Kier alpha value is -0.300. The smallest absolute Gasteiger partial charge is 0.118 e. The molecule has 0 bridgehead atoms. The van der Waals surface area contributed by atoms with Gasteiger partial charge in [-0.3, -0.25) is 0 Å². The molecule has 0 saturated carbocycles. The van der Waals surface area contributed by atoms with Gasteiger partial charge in [-0.2, -0.15) is 0 Å². The molecule has 0 aromatic heterocycles. The van der Waals surface area contributed by atoms with Gasteiger partial charge in [-0.25, -0.2) is 0 Å². The molecule has 1 heteroatoms. The monoisotopic (exact) mass is 220 g/mol. The number of hydrogen-bond donors (Lipinski definition) is 0. The van der Waals surface area contributed by atoms with Gasteiger partial charge in [0.1, 0.15) is 5.54 Å². The van der Waals surface area contributed by atoms with Crippen molar-refractivity contribution in [1.29, 1.82) is 0 Å². The van der Waals surface area contributed by atoms with E-state index in [4.69, 9.17) is 0 Å². The van der Waals surface area contributed by atoms with Crippen molar-refractivity contribution in [2.24, 2.45) is 5.92 Å². The molecular formula is C15H26N+. The SMILES string of the molecule is C[C@H]1C[C@]2(C)C3=C(CCCC3)CC[N@@+]2(C)C1. The van der Waals surface area contributed by atoms with E-state index in [1.165, 1.54) is 56.1 Å². The second-order valence-corrected chi connectivity index (χ2v) is 6.92. The van der Waals surface area contributed by atoms with Crippen LogP contribution in [0.2, 0.25) is 0 Å². The van der Waals surface area contributed by atoms with Crippen molar-refractivity contribution < 1.29 is 4.48 Å². The first-order chi connectivity index (χ1) is 7.55. The molecule has 90 valence electrons. The molecule has 3 atom stereocenters. The zero-order valence-corrected chi connectivity index (χ0v) is 11.2. The van der Waals surface area contributed by atoms with Gasteiger partial charge in [-0.15, -0.1) is 0 Å². The first-order valence-electron chi connectivity index (χ1n) is 7.11. The van der Waals surface area contributed by atoms with Crippen molar-refractivity contribution in [1.82, 2.24) is 0 Å². The number of fused-ring (bicyclic) bond motifs is 2. The summed E-state index contributed by atoms with van der Waals surface area (Å²) in [5, 5.41) is 0. The van der Waals surface area contributed by atoms with Gasteiger partial charge in [0.05, 0.1) is 20.1 Å². The summed E-state index contributed by atoms with van der Waals surface area (Å²) >= 11 is 0. The largest absolute Gasteiger partial charge is 0.317 e. The van der Waals surface area contributed by atoms with Crippen molar-refractivity contribution in [3.63, 3.8) is 0 Å². The maximum absolute atomic E-state index is 2.57. The van der Waals surface area contributed by atoms with Crippen LogP contribution < -0.4 is 0 Å². The van der Waals surface area contributed by atoms with Crippen LogP contribution in [0.4, 0.5) is 0 Å². The van der Waals surface area contributed by atoms with Gasteiger partial charge in [-0.1, -0.05) is 12.5 Å². The summed E-state index contributed by atoms with van der Waals surface area (Å²) in [5.41, 5.74) is 4.25. The molecule has 2 aliphatic heterocycles. The minimum absolute atomic E-state index is 0.507. The summed E-state index contributed by atoms with van der Waals surface area (Å²) in [6, 6.07) is 0. The second-order valence-electron chi connectivity index (χ2n) is 6.92. The van der Waals surface area contributed by atoms with Crippen molar-refractivity contribution in [2.75, 3.05) is 20.1 Å². The average molecular weight is 220 g/mol. The molecule has 1 aliphatic carbocycles. The molecule has 0 unspecified atom stereocenters. The van der Waals surface area contributed by atoms with Crippen LogP contribution in [-0.4, -0.2) is 30.2 Å². The van der Waals surface area contributed by atoms with Crippen LogP contribution in [0.3, 0.4) is 0 Å². The predicted molar refractivity (Wildman–Crippen MR) is 68.2 cm³/mol. The molecule has 0 aromatic carbocycles. The standard InChI is InChI=1S/C15H26N/c1-12-10-15(2)14-7-5-4-6-13(14)8-9-16(15,3)11-12/h12H,4-11H2,1-3H3/q+1/t12-,15+,16-/m0/s1. The molecule has 2 heterocycles. The molecule has 1 nitrogen and oxygen atoms in total. The van der Waals surface area contributed by atoms with E-state index in [0.717, 1.165) is 5.92 Å². The van der Waals surface area contributed by atoms with Crippen LogP contribution in [0, 0.1) is 5.92 Å².